The molecule has 33 heavy (non-hydrogen) atoms. The molecule has 0 radical (unpaired) electrons. The van der Waals surface area contributed by atoms with Crippen molar-refractivity contribution >= 4 is 22.6 Å². The number of hydrogen-bond acceptors (Lipinski definition) is 4. The summed E-state index contributed by atoms with van der Waals surface area (Å²) in [7, 11) is 0. The molecule has 1 amide bonds. The van der Waals surface area contributed by atoms with Gasteiger partial charge in [-0.25, -0.2) is 9.37 Å². The van der Waals surface area contributed by atoms with Gasteiger partial charge in [0.2, 0.25) is 12.7 Å². The molecule has 1 N–H and O–H groups in total. The van der Waals surface area contributed by atoms with Crippen LogP contribution in [0.15, 0.2) is 54.6 Å². The number of benzene rings is 3. The summed E-state index contributed by atoms with van der Waals surface area (Å²) in [6, 6.07) is 15.3. The van der Waals surface area contributed by atoms with Gasteiger partial charge in [0.15, 0.2) is 11.5 Å². The number of rotatable bonds is 5. The summed E-state index contributed by atoms with van der Waals surface area (Å²) >= 11 is 0. The zero-order chi connectivity index (χ0) is 23.1. The first-order valence-corrected chi connectivity index (χ1v) is 10.8. The largest absolute Gasteiger partial charge is 0.454 e. The van der Waals surface area contributed by atoms with Crippen molar-refractivity contribution < 1.29 is 18.7 Å². The average Bonchev–Trinajstić information content (AvgIpc) is 3.39. The molecule has 1 atom stereocenters. The Balaban J connectivity index is 1.50. The van der Waals surface area contributed by atoms with Crippen LogP contribution in [0.3, 0.4) is 0 Å². The van der Waals surface area contributed by atoms with Crippen LogP contribution in [0.4, 0.5) is 10.1 Å². The lowest BCUT2D eigenvalue weighted by Crippen LogP contribution is -2.25. The molecule has 1 aliphatic heterocycles. The zero-order valence-corrected chi connectivity index (χ0v) is 18.7. The molecule has 2 heterocycles. The van der Waals surface area contributed by atoms with Crippen LogP contribution in [-0.2, 0) is 11.2 Å². The Hall–Kier alpha value is -3.87. The van der Waals surface area contributed by atoms with Crippen molar-refractivity contribution in [3.8, 4) is 11.5 Å². The average molecular weight is 445 g/mol. The van der Waals surface area contributed by atoms with Crippen molar-refractivity contribution in [1.82, 2.24) is 9.55 Å². The second-order valence-corrected chi connectivity index (χ2v) is 8.36. The van der Waals surface area contributed by atoms with E-state index in [2.05, 4.69) is 11.4 Å². The minimum atomic E-state index is -0.530. The third kappa shape index (κ3) is 4.02. The standard InChI is InChI=1S/C26H24FN3O3/c1-15-10-21-22(11-16(15)2)30(25(29-21)12-18-4-6-19(27)7-5-18)17(3)26(31)28-20-8-9-23-24(13-20)33-14-32-23/h4-11,13,17H,12,14H2,1-3H3,(H,28,31). The van der Waals surface area contributed by atoms with Crippen molar-refractivity contribution in [2.75, 3.05) is 12.1 Å². The minimum Gasteiger partial charge on any atom is -0.454 e. The highest BCUT2D eigenvalue weighted by Crippen LogP contribution is 2.34. The van der Waals surface area contributed by atoms with Gasteiger partial charge in [-0.1, -0.05) is 12.1 Å². The summed E-state index contributed by atoms with van der Waals surface area (Å²) in [5, 5.41) is 2.98. The van der Waals surface area contributed by atoms with E-state index in [4.69, 9.17) is 14.5 Å². The number of nitrogens with one attached hydrogen (secondary N) is 1. The van der Waals surface area contributed by atoms with Gasteiger partial charge in [-0.05, 0) is 73.9 Å². The summed E-state index contributed by atoms with van der Waals surface area (Å²) < 4.78 is 26.1. The number of aryl methyl sites for hydroxylation is 2. The van der Waals surface area contributed by atoms with Crippen LogP contribution < -0.4 is 14.8 Å². The van der Waals surface area contributed by atoms with Gasteiger partial charge in [0.25, 0.3) is 0 Å². The summed E-state index contributed by atoms with van der Waals surface area (Å²) in [6.45, 7) is 6.12. The molecule has 1 unspecified atom stereocenters. The molecule has 1 aliphatic rings. The Morgan fingerprint density at radius 1 is 1.06 bits per heavy atom. The molecule has 0 saturated heterocycles. The fourth-order valence-electron chi connectivity index (χ4n) is 4.08. The molecular formula is C26H24FN3O3. The van der Waals surface area contributed by atoms with Crippen LogP contribution in [-0.4, -0.2) is 22.3 Å². The van der Waals surface area contributed by atoms with Crippen LogP contribution >= 0.6 is 0 Å². The Morgan fingerprint density at radius 3 is 2.58 bits per heavy atom. The maximum atomic E-state index is 13.4. The third-order valence-electron chi connectivity index (χ3n) is 6.06. The van der Waals surface area contributed by atoms with Crippen LogP contribution in [0.25, 0.3) is 11.0 Å². The molecule has 4 aromatic rings. The second kappa shape index (κ2) is 8.24. The van der Waals surface area contributed by atoms with Gasteiger partial charge in [0, 0.05) is 18.2 Å². The van der Waals surface area contributed by atoms with Crippen LogP contribution in [0.1, 0.15) is 35.5 Å². The molecule has 6 nitrogen and oxygen atoms in total. The lowest BCUT2D eigenvalue weighted by Gasteiger charge is -2.18. The Labute approximate surface area is 191 Å². The van der Waals surface area contributed by atoms with Crippen LogP contribution in [0.5, 0.6) is 11.5 Å². The molecule has 0 spiro atoms. The number of fused-ring (bicyclic) bond motifs is 2. The fourth-order valence-corrected chi connectivity index (χ4v) is 4.08. The Morgan fingerprint density at radius 2 is 1.79 bits per heavy atom. The monoisotopic (exact) mass is 445 g/mol. The molecule has 7 heteroatoms. The number of imidazole rings is 1. The van der Waals surface area contributed by atoms with Crippen molar-refractivity contribution in [2.45, 2.75) is 33.2 Å². The Kier molecular flexibility index (Phi) is 5.24. The summed E-state index contributed by atoms with van der Waals surface area (Å²) in [5.41, 5.74) is 5.54. The van der Waals surface area contributed by atoms with Gasteiger partial charge in [-0.3, -0.25) is 4.79 Å². The van der Waals surface area contributed by atoms with Gasteiger partial charge in [-0.15, -0.1) is 0 Å². The predicted octanol–water partition coefficient (Wildman–Crippen LogP) is 5.31. The first-order chi connectivity index (χ1) is 15.9. The van der Waals surface area contributed by atoms with Crippen molar-refractivity contribution in [3.05, 3.63) is 82.9 Å². The molecule has 0 fully saturated rings. The number of nitrogens with zero attached hydrogens (tertiary/aromatic N) is 2. The molecule has 0 saturated carbocycles. The lowest BCUT2D eigenvalue weighted by molar-refractivity contribution is -0.118. The van der Waals surface area contributed by atoms with Crippen molar-refractivity contribution in [1.29, 1.82) is 0 Å². The topological polar surface area (TPSA) is 65.4 Å². The van der Waals surface area contributed by atoms with Gasteiger partial charge >= 0.3 is 0 Å². The number of hydrogen-bond donors (Lipinski definition) is 1. The van der Waals surface area contributed by atoms with E-state index in [9.17, 15) is 9.18 Å². The normalized spacial score (nSPS) is 13.3. The Bertz CT molecular complexity index is 1360. The van der Waals surface area contributed by atoms with Gasteiger partial charge in [0.05, 0.1) is 11.0 Å². The van der Waals surface area contributed by atoms with E-state index in [-0.39, 0.29) is 18.5 Å². The molecular weight excluding hydrogens is 421 g/mol. The summed E-state index contributed by atoms with van der Waals surface area (Å²) in [6.07, 6.45) is 0.481. The lowest BCUT2D eigenvalue weighted by atomic mass is 10.1. The quantitative estimate of drug-likeness (QED) is 0.452. The summed E-state index contributed by atoms with van der Waals surface area (Å²) in [4.78, 5) is 18.1. The molecule has 168 valence electrons. The number of amides is 1. The zero-order valence-electron chi connectivity index (χ0n) is 18.7. The maximum absolute atomic E-state index is 13.4. The number of carbonyl (C=O) groups is 1. The van der Waals surface area contributed by atoms with Crippen LogP contribution in [0.2, 0.25) is 0 Å². The predicted molar refractivity (Wildman–Crippen MR) is 124 cm³/mol. The van der Waals surface area contributed by atoms with E-state index in [1.165, 1.54) is 12.1 Å². The van der Waals surface area contributed by atoms with Gasteiger partial charge in [0.1, 0.15) is 17.7 Å². The number of carbonyl (C=O) groups excluding carboxylic acids is 1. The fraction of sp³-hybridized carbons (Fsp3) is 0.231. The SMILES string of the molecule is Cc1cc2nc(Cc3ccc(F)cc3)n(C(C)C(=O)Nc3ccc4c(c3)OCO4)c2cc1C. The van der Waals surface area contributed by atoms with E-state index in [1.54, 1.807) is 30.3 Å². The van der Waals surface area contributed by atoms with Gasteiger partial charge < -0.3 is 19.4 Å². The number of anilines is 1. The van der Waals surface area contributed by atoms with Crippen LogP contribution in [0, 0.1) is 19.7 Å². The maximum Gasteiger partial charge on any atom is 0.247 e. The van der Waals surface area contributed by atoms with Crippen molar-refractivity contribution in [3.63, 3.8) is 0 Å². The van der Waals surface area contributed by atoms with E-state index < -0.39 is 6.04 Å². The van der Waals surface area contributed by atoms with E-state index in [0.29, 0.717) is 23.6 Å². The van der Waals surface area contributed by atoms with E-state index in [0.717, 1.165) is 33.5 Å². The first-order valence-electron chi connectivity index (χ1n) is 10.8. The van der Waals surface area contributed by atoms with E-state index >= 15 is 0 Å². The third-order valence-corrected chi connectivity index (χ3v) is 6.06. The van der Waals surface area contributed by atoms with Crippen molar-refractivity contribution in [2.24, 2.45) is 0 Å². The molecule has 5 rings (SSSR count). The highest BCUT2D eigenvalue weighted by atomic mass is 19.1. The number of halogens is 1. The van der Waals surface area contributed by atoms with Gasteiger partial charge in [-0.2, -0.15) is 0 Å². The summed E-state index contributed by atoms with van der Waals surface area (Å²) in [5.74, 6) is 1.56. The molecule has 3 aromatic carbocycles. The molecule has 1 aromatic heterocycles. The highest BCUT2D eigenvalue weighted by Gasteiger charge is 2.23. The smallest absolute Gasteiger partial charge is 0.247 e. The van der Waals surface area contributed by atoms with E-state index in [1.807, 2.05) is 31.4 Å². The molecule has 0 aliphatic carbocycles. The minimum absolute atomic E-state index is 0.174. The second-order valence-electron chi connectivity index (χ2n) is 8.36. The molecule has 0 bridgehead atoms. The number of ether oxygens (including phenoxy) is 2. The number of aromatic nitrogens is 2. The highest BCUT2D eigenvalue weighted by molar-refractivity contribution is 5.95. The first kappa shape index (κ1) is 21.0.